The Balaban J connectivity index is 1.54. The van der Waals surface area contributed by atoms with Gasteiger partial charge >= 0.3 is 0 Å². The van der Waals surface area contributed by atoms with Crippen LogP contribution in [-0.2, 0) is 15.1 Å². The highest BCUT2D eigenvalue weighted by Gasteiger charge is 2.72. The monoisotopic (exact) mass is 505 g/mol. The molecular weight excluding hydrogens is 485 g/mol. The van der Waals surface area contributed by atoms with E-state index in [0.29, 0.717) is 33.0 Å². The SMILES string of the molecule is COc1cc(Cl)cc(N2C(=O)C3C4CCCN4C4(CN(C)c5c(Cl)cc(Cl)cc54)C3C2=O)c1. The van der Waals surface area contributed by atoms with Gasteiger partial charge in [-0.1, -0.05) is 34.8 Å². The van der Waals surface area contributed by atoms with Crippen molar-refractivity contribution in [2.24, 2.45) is 11.8 Å². The molecule has 2 amide bonds. The lowest BCUT2D eigenvalue weighted by atomic mass is 9.76. The first-order valence-electron chi connectivity index (χ1n) is 11.0. The van der Waals surface area contributed by atoms with Crippen molar-refractivity contribution in [1.29, 1.82) is 0 Å². The molecule has 0 aliphatic carbocycles. The van der Waals surface area contributed by atoms with Gasteiger partial charge in [-0.25, -0.2) is 4.90 Å². The first-order chi connectivity index (χ1) is 15.8. The zero-order valence-electron chi connectivity index (χ0n) is 18.1. The number of nitrogens with zero attached hydrogens (tertiary/aromatic N) is 3. The molecule has 1 spiro atoms. The van der Waals surface area contributed by atoms with Crippen molar-refractivity contribution in [3.63, 3.8) is 0 Å². The number of hydrogen-bond acceptors (Lipinski definition) is 5. The van der Waals surface area contributed by atoms with Crippen LogP contribution in [0.3, 0.4) is 0 Å². The van der Waals surface area contributed by atoms with Gasteiger partial charge in [0.2, 0.25) is 11.8 Å². The Labute approximate surface area is 206 Å². The Bertz CT molecular complexity index is 1220. The topological polar surface area (TPSA) is 53.1 Å². The summed E-state index contributed by atoms with van der Waals surface area (Å²) in [6, 6.07) is 8.63. The minimum Gasteiger partial charge on any atom is -0.497 e. The Kier molecular flexibility index (Phi) is 4.73. The van der Waals surface area contributed by atoms with E-state index >= 15 is 0 Å². The van der Waals surface area contributed by atoms with Crippen molar-refractivity contribution < 1.29 is 14.3 Å². The fraction of sp³-hybridized carbons (Fsp3) is 0.417. The molecule has 3 saturated heterocycles. The molecule has 172 valence electrons. The first-order valence-corrected chi connectivity index (χ1v) is 12.1. The molecule has 33 heavy (non-hydrogen) atoms. The molecule has 6 rings (SSSR count). The highest BCUT2D eigenvalue weighted by molar-refractivity contribution is 6.37. The van der Waals surface area contributed by atoms with Gasteiger partial charge in [0, 0.05) is 41.3 Å². The number of anilines is 2. The van der Waals surface area contributed by atoms with Crippen LogP contribution in [-0.4, -0.2) is 50.0 Å². The number of ether oxygens (including phenoxy) is 1. The van der Waals surface area contributed by atoms with Crippen LogP contribution in [0, 0.1) is 11.8 Å². The van der Waals surface area contributed by atoms with E-state index in [1.807, 2.05) is 13.1 Å². The Morgan fingerprint density at radius 2 is 1.79 bits per heavy atom. The van der Waals surface area contributed by atoms with E-state index in [1.54, 1.807) is 24.3 Å². The number of rotatable bonds is 2. The smallest absolute Gasteiger partial charge is 0.240 e. The molecule has 0 bridgehead atoms. The number of imide groups is 1. The third-order valence-corrected chi connectivity index (χ3v) is 8.52. The van der Waals surface area contributed by atoms with Crippen molar-refractivity contribution in [3.05, 3.63) is 51.0 Å². The van der Waals surface area contributed by atoms with Crippen molar-refractivity contribution in [2.45, 2.75) is 24.4 Å². The molecule has 0 saturated carbocycles. The number of amides is 2. The summed E-state index contributed by atoms with van der Waals surface area (Å²) in [6.45, 7) is 1.41. The summed E-state index contributed by atoms with van der Waals surface area (Å²) in [6.07, 6.45) is 1.86. The molecule has 0 N–H and O–H groups in total. The summed E-state index contributed by atoms with van der Waals surface area (Å²) in [4.78, 5) is 33.7. The lowest BCUT2D eigenvalue weighted by Crippen LogP contribution is -2.52. The Hall–Kier alpha value is -1.99. The molecule has 0 radical (unpaired) electrons. The molecule has 9 heteroatoms. The maximum Gasteiger partial charge on any atom is 0.240 e. The van der Waals surface area contributed by atoms with E-state index in [-0.39, 0.29) is 17.9 Å². The number of likely N-dealkylation sites (N-methyl/N-ethyl adjacent to an activating group) is 1. The zero-order valence-corrected chi connectivity index (χ0v) is 20.4. The molecule has 4 aliphatic heterocycles. The van der Waals surface area contributed by atoms with Gasteiger partial charge in [0.15, 0.2) is 0 Å². The average molecular weight is 507 g/mol. The van der Waals surface area contributed by atoms with E-state index in [1.165, 1.54) is 12.0 Å². The number of carbonyl (C=O) groups excluding carboxylic acids is 2. The summed E-state index contributed by atoms with van der Waals surface area (Å²) >= 11 is 19.4. The molecule has 4 heterocycles. The van der Waals surface area contributed by atoms with Crippen LogP contribution >= 0.6 is 34.8 Å². The van der Waals surface area contributed by atoms with Crippen LogP contribution < -0.4 is 14.5 Å². The van der Waals surface area contributed by atoms with Gasteiger partial charge in [-0.05, 0) is 43.7 Å². The van der Waals surface area contributed by atoms with Crippen LogP contribution in [0.15, 0.2) is 30.3 Å². The standard InChI is InChI=1S/C24H22Cl3N3O3/c1-28-11-24(16-8-13(26)9-17(27)21(16)28)20-19(18-4-3-5-29(18)24)22(31)30(23(20)32)14-6-12(25)7-15(10-14)33-2/h6-10,18-20H,3-5,11H2,1-2H3. The first kappa shape index (κ1) is 21.5. The normalized spacial score (nSPS) is 30.4. The van der Waals surface area contributed by atoms with Gasteiger partial charge in [0.1, 0.15) is 5.75 Å². The fourth-order valence-electron chi connectivity index (χ4n) is 6.79. The third-order valence-electron chi connectivity index (χ3n) is 7.80. The molecule has 4 unspecified atom stereocenters. The molecule has 2 aromatic rings. The van der Waals surface area contributed by atoms with E-state index in [2.05, 4.69) is 9.80 Å². The van der Waals surface area contributed by atoms with Gasteiger partial charge in [0.25, 0.3) is 0 Å². The fourth-order valence-corrected chi connectivity index (χ4v) is 7.65. The van der Waals surface area contributed by atoms with E-state index < -0.39 is 17.4 Å². The van der Waals surface area contributed by atoms with Crippen LogP contribution in [0.4, 0.5) is 11.4 Å². The van der Waals surface area contributed by atoms with E-state index in [4.69, 9.17) is 39.5 Å². The summed E-state index contributed by atoms with van der Waals surface area (Å²) in [7, 11) is 3.51. The molecule has 4 atom stereocenters. The van der Waals surface area contributed by atoms with Gasteiger partial charge in [-0.15, -0.1) is 0 Å². The number of methoxy groups -OCH3 is 1. The van der Waals surface area contributed by atoms with Crippen molar-refractivity contribution >= 4 is 58.0 Å². The lowest BCUT2D eigenvalue weighted by Gasteiger charge is -2.39. The van der Waals surface area contributed by atoms with Crippen LogP contribution in [0.5, 0.6) is 5.75 Å². The second-order valence-corrected chi connectivity index (χ2v) is 10.6. The number of halogens is 3. The molecule has 6 nitrogen and oxygen atoms in total. The second kappa shape index (κ2) is 7.25. The summed E-state index contributed by atoms with van der Waals surface area (Å²) in [5.41, 5.74) is 1.61. The van der Waals surface area contributed by atoms with Gasteiger partial charge in [-0.2, -0.15) is 0 Å². The predicted octanol–water partition coefficient (Wildman–Crippen LogP) is 4.58. The van der Waals surface area contributed by atoms with Crippen LogP contribution in [0.2, 0.25) is 15.1 Å². The molecule has 0 aromatic heterocycles. The number of carbonyl (C=O) groups is 2. The van der Waals surface area contributed by atoms with Gasteiger partial charge in [-0.3, -0.25) is 14.5 Å². The molecule has 4 aliphatic rings. The average Bonchev–Trinajstić information content (AvgIpc) is 3.46. The van der Waals surface area contributed by atoms with Crippen LogP contribution in [0.25, 0.3) is 0 Å². The number of hydrogen-bond donors (Lipinski definition) is 0. The highest BCUT2D eigenvalue weighted by atomic mass is 35.5. The van der Waals surface area contributed by atoms with Gasteiger partial charge in [0.05, 0.1) is 40.9 Å². The summed E-state index contributed by atoms with van der Waals surface area (Å²) in [5, 5.41) is 1.49. The maximum atomic E-state index is 14.1. The predicted molar refractivity (Wildman–Crippen MR) is 129 cm³/mol. The lowest BCUT2D eigenvalue weighted by molar-refractivity contribution is -0.124. The van der Waals surface area contributed by atoms with Crippen molar-refractivity contribution in [3.8, 4) is 5.75 Å². The Morgan fingerprint density at radius 3 is 2.55 bits per heavy atom. The maximum absolute atomic E-state index is 14.1. The minimum atomic E-state index is -0.658. The molecule has 2 aromatic carbocycles. The van der Waals surface area contributed by atoms with Crippen molar-refractivity contribution in [1.82, 2.24) is 4.90 Å². The Morgan fingerprint density at radius 1 is 1.03 bits per heavy atom. The quantitative estimate of drug-likeness (QED) is 0.558. The number of fused-ring (bicyclic) bond motifs is 7. The van der Waals surface area contributed by atoms with E-state index in [0.717, 1.165) is 30.6 Å². The third kappa shape index (κ3) is 2.72. The van der Waals surface area contributed by atoms with E-state index in [9.17, 15) is 9.59 Å². The summed E-state index contributed by atoms with van der Waals surface area (Å²) in [5.74, 6) is -0.842. The van der Waals surface area contributed by atoms with Crippen molar-refractivity contribution in [2.75, 3.05) is 37.0 Å². The second-order valence-electron chi connectivity index (χ2n) is 9.33. The minimum absolute atomic E-state index is 0.00497. The van der Waals surface area contributed by atoms with Gasteiger partial charge < -0.3 is 9.64 Å². The molecule has 3 fully saturated rings. The highest BCUT2D eigenvalue weighted by Crippen LogP contribution is 2.62. The zero-order chi connectivity index (χ0) is 23.2. The summed E-state index contributed by atoms with van der Waals surface area (Å²) < 4.78 is 5.33. The largest absolute Gasteiger partial charge is 0.497 e. The number of benzene rings is 2. The van der Waals surface area contributed by atoms with Crippen LogP contribution in [0.1, 0.15) is 18.4 Å². The molecular formula is C24H22Cl3N3O3.